The predicted molar refractivity (Wildman–Crippen MR) is 103 cm³/mol. The zero-order valence-corrected chi connectivity index (χ0v) is 15.6. The molecule has 0 bridgehead atoms. The molecule has 0 aliphatic heterocycles. The van der Waals surface area contributed by atoms with Gasteiger partial charge in [0.15, 0.2) is 6.20 Å². The highest BCUT2D eigenvalue weighted by Gasteiger charge is 2.07. The summed E-state index contributed by atoms with van der Waals surface area (Å²) in [4.78, 5) is 4.43. The molecule has 2 nitrogen and oxygen atoms in total. The maximum atomic E-state index is 4.43. The van der Waals surface area contributed by atoms with E-state index in [4.69, 9.17) is 0 Å². The average Bonchev–Trinajstić information content (AvgIpc) is 2.63. The third kappa shape index (κ3) is 6.98. The number of hydrogen-bond donors (Lipinski definition) is 0. The lowest BCUT2D eigenvalue weighted by Crippen LogP contribution is -2.34. The van der Waals surface area contributed by atoms with Crippen molar-refractivity contribution in [2.24, 2.45) is 0 Å². The van der Waals surface area contributed by atoms with Crippen LogP contribution in [0.15, 0.2) is 36.7 Å². The molecule has 0 unspecified atom stereocenters. The summed E-state index contributed by atoms with van der Waals surface area (Å²) in [5, 5.41) is 0. The molecule has 0 aliphatic rings. The van der Waals surface area contributed by atoms with Gasteiger partial charge in [0.2, 0.25) is 5.52 Å². The standard InChI is InChI=1S/C22H35N2/c1-2-3-4-5-6-7-8-9-10-11-12-15-19-24-20-18-23-21-16-13-14-17-22(21)24/h13-14,16-18,20H,2-12,15,19H2,1H3/q+1. The monoisotopic (exact) mass is 327 g/mol. The van der Waals surface area contributed by atoms with Gasteiger partial charge in [-0.3, -0.25) is 0 Å². The van der Waals surface area contributed by atoms with E-state index >= 15 is 0 Å². The van der Waals surface area contributed by atoms with Crippen molar-refractivity contribution in [3.8, 4) is 0 Å². The minimum absolute atomic E-state index is 1.10. The van der Waals surface area contributed by atoms with E-state index < -0.39 is 0 Å². The Labute approximate surface area is 148 Å². The van der Waals surface area contributed by atoms with Gasteiger partial charge in [-0.25, -0.2) is 4.98 Å². The van der Waals surface area contributed by atoms with Crippen molar-refractivity contribution in [3.05, 3.63) is 36.7 Å². The van der Waals surface area contributed by atoms with Gasteiger partial charge in [-0.15, -0.1) is 0 Å². The summed E-state index contributed by atoms with van der Waals surface area (Å²) >= 11 is 0. The molecule has 0 N–H and O–H groups in total. The quantitative estimate of drug-likeness (QED) is 0.315. The van der Waals surface area contributed by atoms with Crippen LogP contribution in [0.3, 0.4) is 0 Å². The van der Waals surface area contributed by atoms with Crippen molar-refractivity contribution >= 4 is 11.0 Å². The summed E-state index contributed by atoms with van der Waals surface area (Å²) in [5.74, 6) is 0. The molecule has 0 spiro atoms. The van der Waals surface area contributed by atoms with Crippen LogP contribution in [0.4, 0.5) is 0 Å². The number of fused-ring (bicyclic) bond motifs is 1. The number of hydrogen-bond acceptors (Lipinski definition) is 1. The number of benzene rings is 1. The molecule has 2 heteroatoms. The van der Waals surface area contributed by atoms with Crippen LogP contribution in [0.2, 0.25) is 0 Å². The second kappa shape index (κ2) is 12.0. The highest BCUT2D eigenvalue weighted by atomic mass is 15.0. The van der Waals surface area contributed by atoms with E-state index in [1.165, 1.54) is 82.6 Å². The van der Waals surface area contributed by atoms with E-state index in [9.17, 15) is 0 Å². The summed E-state index contributed by atoms with van der Waals surface area (Å²) in [6.45, 7) is 3.40. The number of nitrogens with zero attached hydrogens (tertiary/aromatic N) is 2. The van der Waals surface area contributed by atoms with E-state index in [0.717, 1.165) is 12.1 Å². The van der Waals surface area contributed by atoms with Crippen molar-refractivity contribution in [1.82, 2.24) is 4.98 Å². The van der Waals surface area contributed by atoms with Crippen LogP contribution in [0.25, 0.3) is 11.0 Å². The number of rotatable bonds is 13. The van der Waals surface area contributed by atoms with Crippen LogP contribution in [-0.2, 0) is 6.54 Å². The second-order valence-corrected chi connectivity index (χ2v) is 7.00. The molecule has 2 rings (SSSR count). The van der Waals surface area contributed by atoms with E-state index in [2.05, 4.69) is 46.9 Å². The van der Waals surface area contributed by atoms with E-state index in [-0.39, 0.29) is 0 Å². The Morgan fingerprint density at radius 1 is 0.750 bits per heavy atom. The van der Waals surface area contributed by atoms with Gasteiger partial charge < -0.3 is 0 Å². The Bertz CT molecular complexity index is 559. The molecule has 132 valence electrons. The molecule has 2 aromatic rings. The fourth-order valence-electron chi connectivity index (χ4n) is 3.41. The smallest absolute Gasteiger partial charge is 0.231 e. The van der Waals surface area contributed by atoms with Crippen LogP contribution in [0, 0.1) is 0 Å². The van der Waals surface area contributed by atoms with Gasteiger partial charge in [-0.05, 0) is 12.5 Å². The fourth-order valence-corrected chi connectivity index (χ4v) is 3.41. The van der Waals surface area contributed by atoms with E-state index in [0.29, 0.717) is 0 Å². The van der Waals surface area contributed by atoms with Crippen LogP contribution in [-0.4, -0.2) is 4.98 Å². The van der Waals surface area contributed by atoms with Gasteiger partial charge in [-0.1, -0.05) is 83.3 Å². The molecule has 1 aromatic carbocycles. The molecule has 0 saturated heterocycles. The highest BCUT2D eigenvalue weighted by molar-refractivity contribution is 5.69. The van der Waals surface area contributed by atoms with Gasteiger partial charge >= 0.3 is 0 Å². The van der Waals surface area contributed by atoms with Gasteiger partial charge in [0.25, 0.3) is 0 Å². The number of unbranched alkanes of at least 4 members (excludes halogenated alkanes) is 11. The first-order valence-electron chi connectivity index (χ1n) is 10.1. The maximum absolute atomic E-state index is 4.43. The van der Waals surface area contributed by atoms with Crippen molar-refractivity contribution in [1.29, 1.82) is 0 Å². The first-order chi connectivity index (χ1) is 11.9. The van der Waals surface area contributed by atoms with Crippen molar-refractivity contribution in [2.75, 3.05) is 0 Å². The molecular weight excluding hydrogens is 292 g/mol. The van der Waals surface area contributed by atoms with E-state index in [1.807, 2.05) is 6.20 Å². The molecule has 0 fully saturated rings. The summed E-state index contributed by atoms with van der Waals surface area (Å²) in [7, 11) is 0. The summed E-state index contributed by atoms with van der Waals surface area (Å²) < 4.78 is 2.35. The van der Waals surface area contributed by atoms with Gasteiger partial charge in [0.1, 0.15) is 12.1 Å². The third-order valence-electron chi connectivity index (χ3n) is 4.90. The molecular formula is C22H35N2+. The zero-order chi connectivity index (χ0) is 16.9. The lowest BCUT2D eigenvalue weighted by molar-refractivity contribution is -0.672. The number of aromatic nitrogens is 2. The molecule has 0 atom stereocenters. The Morgan fingerprint density at radius 3 is 2.00 bits per heavy atom. The summed E-state index contributed by atoms with van der Waals surface area (Å²) in [5.41, 5.74) is 2.35. The summed E-state index contributed by atoms with van der Waals surface area (Å²) in [6, 6.07) is 8.42. The molecule has 0 amide bonds. The van der Waals surface area contributed by atoms with Crippen LogP contribution >= 0.6 is 0 Å². The van der Waals surface area contributed by atoms with Crippen molar-refractivity contribution < 1.29 is 4.57 Å². The highest BCUT2D eigenvalue weighted by Crippen LogP contribution is 2.12. The molecule has 0 aliphatic carbocycles. The minimum atomic E-state index is 1.10. The largest absolute Gasteiger partial charge is 0.244 e. The van der Waals surface area contributed by atoms with Gasteiger partial charge in [0.05, 0.1) is 6.20 Å². The zero-order valence-electron chi connectivity index (χ0n) is 15.6. The minimum Gasteiger partial charge on any atom is -0.244 e. The predicted octanol–water partition coefficient (Wildman–Crippen LogP) is 6.22. The van der Waals surface area contributed by atoms with Crippen LogP contribution in [0.1, 0.15) is 84.0 Å². The topological polar surface area (TPSA) is 16.8 Å². The first kappa shape index (κ1) is 18.9. The first-order valence-corrected chi connectivity index (χ1v) is 10.1. The normalized spacial score (nSPS) is 11.2. The molecule has 24 heavy (non-hydrogen) atoms. The Morgan fingerprint density at radius 2 is 1.33 bits per heavy atom. The number of aryl methyl sites for hydroxylation is 1. The van der Waals surface area contributed by atoms with Gasteiger partial charge in [-0.2, -0.15) is 4.57 Å². The Hall–Kier alpha value is -1.44. The third-order valence-corrected chi connectivity index (χ3v) is 4.90. The average molecular weight is 328 g/mol. The Kier molecular flexibility index (Phi) is 9.45. The van der Waals surface area contributed by atoms with E-state index in [1.54, 1.807) is 0 Å². The van der Waals surface area contributed by atoms with Gasteiger partial charge in [0, 0.05) is 12.5 Å². The van der Waals surface area contributed by atoms with Crippen LogP contribution < -0.4 is 4.57 Å². The molecule has 1 aromatic heterocycles. The number of para-hydroxylation sites is 2. The Balaban J connectivity index is 1.49. The second-order valence-electron chi connectivity index (χ2n) is 7.00. The molecule has 0 saturated carbocycles. The van der Waals surface area contributed by atoms with Crippen molar-refractivity contribution in [3.63, 3.8) is 0 Å². The van der Waals surface area contributed by atoms with Crippen molar-refractivity contribution in [2.45, 2.75) is 90.5 Å². The SMILES string of the molecule is CCCCCCCCCCCCCC[n+]1ccnc2ccccc21. The van der Waals surface area contributed by atoms with Crippen LogP contribution in [0.5, 0.6) is 0 Å². The maximum Gasteiger partial charge on any atom is 0.231 e. The molecule has 1 heterocycles. The lowest BCUT2D eigenvalue weighted by atomic mass is 10.1. The fraction of sp³-hybridized carbons (Fsp3) is 0.636. The molecule has 0 radical (unpaired) electrons. The summed E-state index contributed by atoms with van der Waals surface area (Å²) in [6.07, 6.45) is 20.9. The lowest BCUT2D eigenvalue weighted by Gasteiger charge is -2.03.